The molecule has 1 aromatic rings. The van der Waals surface area contributed by atoms with Crippen molar-refractivity contribution in [2.24, 2.45) is 5.10 Å². The molecule has 8 heteroatoms. The van der Waals surface area contributed by atoms with E-state index >= 15 is 0 Å². The van der Waals surface area contributed by atoms with Gasteiger partial charge in [-0.3, -0.25) is 14.5 Å². The van der Waals surface area contributed by atoms with Crippen LogP contribution in [-0.4, -0.2) is 41.0 Å². The Morgan fingerprint density at radius 1 is 1.52 bits per heavy atom. The molecule has 0 atom stereocenters. The summed E-state index contributed by atoms with van der Waals surface area (Å²) in [5.74, 6) is -0.685. The molecule has 1 aliphatic heterocycles. The van der Waals surface area contributed by atoms with Gasteiger partial charge in [0, 0.05) is 17.8 Å². The molecule has 0 aliphatic carbocycles. The van der Waals surface area contributed by atoms with Crippen LogP contribution in [0.1, 0.15) is 25.1 Å². The summed E-state index contributed by atoms with van der Waals surface area (Å²) in [6, 6.07) is 3.28. The number of hydrogen-bond donors (Lipinski definition) is 2. The number of urea groups is 1. The van der Waals surface area contributed by atoms with Crippen LogP contribution in [0.25, 0.3) is 0 Å². The van der Waals surface area contributed by atoms with Gasteiger partial charge < -0.3 is 5.32 Å². The summed E-state index contributed by atoms with van der Waals surface area (Å²) < 4.78 is 0. The highest BCUT2D eigenvalue weighted by Crippen LogP contribution is 2.16. The molecular weight excluding hydrogens is 292 g/mol. The van der Waals surface area contributed by atoms with Crippen molar-refractivity contribution >= 4 is 35.4 Å². The predicted octanol–water partition coefficient (Wildman–Crippen LogP) is 0.919. The van der Waals surface area contributed by atoms with E-state index in [1.165, 1.54) is 11.3 Å². The van der Waals surface area contributed by atoms with Crippen LogP contribution < -0.4 is 10.7 Å². The highest BCUT2D eigenvalue weighted by atomic mass is 32.1. The smallest absolute Gasteiger partial charge is 0.324 e. The molecular formula is C13H16N4O3S. The van der Waals surface area contributed by atoms with Crippen molar-refractivity contribution in [3.05, 3.63) is 22.4 Å². The zero-order chi connectivity index (χ0) is 15.5. The van der Waals surface area contributed by atoms with Gasteiger partial charge in [-0.2, -0.15) is 5.10 Å². The zero-order valence-electron chi connectivity index (χ0n) is 11.8. The molecule has 21 heavy (non-hydrogen) atoms. The lowest BCUT2D eigenvalue weighted by atomic mass is 10.1. The van der Waals surface area contributed by atoms with Crippen LogP contribution >= 0.6 is 11.3 Å². The van der Waals surface area contributed by atoms with Gasteiger partial charge in [-0.1, -0.05) is 6.07 Å². The van der Waals surface area contributed by atoms with Crippen molar-refractivity contribution in [1.82, 2.24) is 15.6 Å². The quantitative estimate of drug-likeness (QED) is 0.481. The molecule has 0 unspecified atom stereocenters. The molecule has 1 fully saturated rings. The van der Waals surface area contributed by atoms with Crippen molar-refractivity contribution in [2.75, 3.05) is 6.54 Å². The fraction of sp³-hybridized carbons (Fsp3) is 0.385. The zero-order valence-corrected chi connectivity index (χ0v) is 12.6. The summed E-state index contributed by atoms with van der Waals surface area (Å²) in [6.07, 6.45) is 1.55. The molecule has 0 aromatic carbocycles. The lowest BCUT2D eigenvalue weighted by Gasteiger charge is -2.15. The van der Waals surface area contributed by atoms with Gasteiger partial charge in [0.25, 0.3) is 5.91 Å². The third-order valence-corrected chi connectivity index (χ3v) is 3.74. The van der Waals surface area contributed by atoms with Gasteiger partial charge in [0.15, 0.2) is 0 Å². The Hall–Kier alpha value is -2.22. The summed E-state index contributed by atoms with van der Waals surface area (Å²) in [5.41, 5.74) is 1.45. The van der Waals surface area contributed by atoms with Crippen molar-refractivity contribution in [3.8, 4) is 0 Å². The van der Waals surface area contributed by atoms with Crippen LogP contribution in [0.2, 0.25) is 0 Å². The molecule has 2 rings (SSSR count). The Morgan fingerprint density at radius 2 is 2.29 bits per heavy atom. The lowest BCUT2D eigenvalue weighted by molar-refractivity contribution is -0.130. The number of imide groups is 1. The monoisotopic (exact) mass is 308 g/mol. The maximum atomic E-state index is 11.9. The average Bonchev–Trinajstić information content (AvgIpc) is 2.97. The maximum absolute atomic E-state index is 11.9. The van der Waals surface area contributed by atoms with Gasteiger partial charge in [-0.25, -0.2) is 10.2 Å². The molecule has 2 N–H and O–H groups in total. The number of nitrogens with zero attached hydrogens (tertiary/aromatic N) is 2. The summed E-state index contributed by atoms with van der Waals surface area (Å²) in [7, 11) is 0. The Labute approximate surface area is 126 Å². The van der Waals surface area contributed by atoms with Crippen molar-refractivity contribution < 1.29 is 14.4 Å². The molecule has 0 spiro atoms. The SMILES string of the molecule is CC1(C)NC(=O)N(CCC(=O)N/N=C\c2cccs2)C1=O. The highest BCUT2D eigenvalue weighted by Gasteiger charge is 2.43. The first-order valence-corrected chi connectivity index (χ1v) is 7.27. The fourth-order valence-electron chi connectivity index (χ4n) is 1.82. The minimum Gasteiger partial charge on any atom is -0.324 e. The Kier molecular flexibility index (Phi) is 4.37. The third-order valence-electron chi connectivity index (χ3n) is 2.93. The molecule has 7 nitrogen and oxygen atoms in total. The highest BCUT2D eigenvalue weighted by molar-refractivity contribution is 7.11. The number of amides is 4. The van der Waals surface area contributed by atoms with E-state index in [4.69, 9.17) is 0 Å². The number of rotatable bonds is 5. The number of thiophene rings is 1. The first kappa shape index (κ1) is 15.2. The van der Waals surface area contributed by atoms with Crippen LogP contribution in [0.15, 0.2) is 22.6 Å². The minimum absolute atomic E-state index is 0.0109. The van der Waals surface area contributed by atoms with Crippen molar-refractivity contribution in [2.45, 2.75) is 25.8 Å². The van der Waals surface area contributed by atoms with E-state index in [2.05, 4.69) is 15.8 Å². The Bertz CT molecular complexity index is 580. The van der Waals surface area contributed by atoms with Crippen LogP contribution in [0.3, 0.4) is 0 Å². The number of carbonyl (C=O) groups is 3. The molecule has 1 aliphatic rings. The van der Waals surface area contributed by atoms with Gasteiger partial charge >= 0.3 is 6.03 Å². The van der Waals surface area contributed by atoms with E-state index in [1.807, 2.05) is 17.5 Å². The number of hydrogen-bond acceptors (Lipinski definition) is 5. The Morgan fingerprint density at radius 3 is 2.86 bits per heavy atom. The number of carbonyl (C=O) groups excluding carboxylic acids is 3. The van der Waals surface area contributed by atoms with Gasteiger partial charge in [0.1, 0.15) is 5.54 Å². The van der Waals surface area contributed by atoms with Gasteiger partial charge in [0.05, 0.1) is 6.21 Å². The van der Waals surface area contributed by atoms with Crippen LogP contribution in [0.5, 0.6) is 0 Å². The van der Waals surface area contributed by atoms with Gasteiger partial charge in [-0.15, -0.1) is 11.3 Å². The van der Waals surface area contributed by atoms with Gasteiger partial charge in [0.2, 0.25) is 5.91 Å². The fourth-order valence-corrected chi connectivity index (χ4v) is 2.41. The Balaban J connectivity index is 1.79. The molecule has 1 saturated heterocycles. The molecule has 0 radical (unpaired) electrons. The number of hydrazone groups is 1. The second-order valence-corrected chi connectivity index (χ2v) is 6.05. The molecule has 0 saturated carbocycles. The normalized spacial score (nSPS) is 17.3. The lowest BCUT2D eigenvalue weighted by Crippen LogP contribution is -2.40. The molecule has 4 amide bonds. The summed E-state index contributed by atoms with van der Waals surface area (Å²) in [5, 5.41) is 8.27. The second-order valence-electron chi connectivity index (χ2n) is 5.07. The summed E-state index contributed by atoms with van der Waals surface area (Å²) >= 11 is 1.50. The van der Waals surface area contributed by atoms with Crippen molar-refractivity contribution in [3.63, 3.8) is 0 Å². The topological polar surface area (TPSA) is 90.9 Å². The van der Waals surface area contributed by atoms with E-state index in [0.717, 1.165) is 9.78 Å². The second kappa shape index (κ2) is 6.04. The molecule has 0 bridgehead atoms. The van der Waals surface area contributed by atoms with E-state index < -0.39 is 11.6 Å². The maximum Gasteiger partial charge on any atom is 0.325 e. The molecule has 112 valence electrons. The van der Waals surface area contributed by atoms with Crippen LogP contribution in [-0.2, 0) is 9.59 Å². The minimum atomic E-state index is -0.912. The average molecular weight is 308 g/mol. The van der Waals surface area contributed by atoms with Crippen molar-refractivity contribution in [1.29, 1.82) is 0 Å². The first-order valence-electron chi connectivity index (χ1n) is 6.40. The van der Waals surface area contributed by atoms with Crippen LogP contribution in [0.4, 0.5) is 4.79 Å². The summed E-state index contributed by atoms with van der Waals surface area (Å²) in [6.45, 7) is 3.28. The van der Waals surface area contributed by atoms with Gasteiger partial charge in [-0.05, 0) is 25.3 Å². The first-order chi connectivity index (χ1) is 9.90. The van der Waals surface area contributed by atoms with E-state index in [9.17, 15) is 14.4 Å². The predicted molar refractivity (Wildman–Crippen MR) is 79.0 cm³/mol. The number of nitrogens with one attached hydrogen (secondary N) is 2. The van der Waals surface area contributed by atoms with E-state index in [1.54, 1.807) is 20.1 Å². The van der Waals surface area contributed by atoms with E-state index in [-0.39, 0.29) is 24.8 Å². The molecule has 2 heterocycles. The molecule has 1 aromatic heterocycles. The van der Waals surface area contributed by atoms with Crippen LogP contribution in [0, 0.1) is 0 Å². The largest absolute Gasteiger partial charge is 0.325 e. The van der Waals surface area contributed by atoms with E-state index in [0.29, 0.717) is 0 Å². The standard InChI is InChI=1S/C13H16N4O3S/c1-13(2)11(19)17(12(20)15-13)6-5-10(18)16-14-8-9-4-3-7-21-9/h3-4,7-8H,5-6H2,1-2H3,(H,15,20)(H,16,18)/b14-8-. The summed E-state index contributed by atoms with van der Waals surface area (Å²) in [4.78, 5) is 37.1. The third kappa shape index (κ3) is 3.66.